The molecule has 4 N–H and O–H groups in total. The minimum absolute atomic E-state index is 0.115. The summed E-state index contributed by atoms with van der Waals surface area (Å²) >= 11 is 3.33. The molecule has 9 heteroatoms. The zero-order valence-electron chi connectivity index (χ0n) is 16.5. The van der Waals surface area contributed by atoms with Gasteiger partial charge in [-0.05, 0) is 50.3 Å². The lowest BCUT2D eigenvalue weighted by Crippen LogP contribution is -2.28. The van der Waals surface area contributed by atoms with Crippen LogP contribution in [0.4, 0.5) is 10.5 Å². The molecule has 0 aliphatic carbocycles. The Balaban J connectivity index is 2.34. The number of carbonyl (C=O) groups is 2. The second-order valence-corrected chi connectivity index (χ2v) is 7.19. The minimum atomic E-state index is -1.09. The Kier molecular flexibility index (Phi) is 8.85. The number of anilines is 1. The van der Waals surface area contributed by atoms with Gasteiger partial charge in [0.2, 0.25) is 0 Å². The molecule has 2 aromatic rings. The third kappa shape index (κ3) is 6.87. The maximum atomic E-state index is 12.6. The minimum Gasteiger partial charge on any atom is -0.508 e. The Bertz CT molecular complexity index is 901. The molecule has 0 heterocycles. The number of hydrogen-bond donors (Lipinski definition) is 4. The van der Waals surface area contributed by atoms with Crippen molar-refractivity contribution in [2.75, 3.05) is 11.9 Å². The van der Waals surface area contributed by atoms with Crippen molar-refractivity contribution < 1.29 is 29.4 Å². The maximum Gasteiger partial charge on any atom is 0.412 e. The molecule has 0 fully saturated rings. The molecule has 2 rings (SSSR count). The molecule has 2 amide bonds. The molecule has 0 saturated carbocycles. The van der Waals surface area contributed by atoms with Crippen molar-refractivity contribution in [1.82, 2.24) is 5.48 Å². The van der Waals surface area contributed by atoms with Crippen molar-refractivity contribution in [2.24, 2.45) is 0 Å². The van der Waals surface area contributed by atoms with E-state index in [1.54, 1.807) is 31.2 Å². The summed E-state index contributed by atoms with van der Waals surface area (Å²) in [6, 6.07) is 11.8. The fourth-order valence-electron chi connectivity index (χ4n) is 2.62. The molecule has 2 aromatic carbocycles. The van der Waals surface area contributed by atoms with Crippen molar-refractivity contribution in [3.05, 3.63) is 70.2 Å². The summed E-state index contributed by atoms with van der Waals surface area (Å²) in [5.74, 6) is -0.892. The fraction of sp³-hybridized carbons (Fsp3) is 0.238. The lowest BCUT2D eigenvalue weighted by atomic mass is 10.0. The highest BCUT2D eigenvalue weighted by molar-refractivity contribution is 9.10. The van der Waals surface area contributed by atoms with E-state index in [1.807, 2.05) is 19.1 Å². The van der Waals surface area contributed by atoms with Gasteiger partial charge in [0.05, 0.1) is 0 Å². The number of carbonyl (C=O) groups excluding carboxylic acids is 2. The van der Waals surface area contributed by atoms with E-state index in [4.69, 9.17) is 14.7 Å². The number of hydrogen-bond acceptors (Lipinski definition) is 6. The highest BCUT2D eigenvalue weighted by atomic mass is 79.9. The zero-order chi connectivity index (χ0) is 22.1. The summed E-state index contributed by atoms with van der Waals surface area (Å²) < 4.78 is 11.9. The molecule has 160 valence electrons. The van der Waals surface area contributed by atoms with Crippen LogP contribution in [0, 0.1) is 6.92 Å². The summed E-state index contributed by atoms with van der Waals surface area (Å²) in [6.45, 7) is 3.90. The van der Waals surface area contributed by atoms with Gasteiger partial charge in [0.1, 0.15) is 11.9 Å². The number of phenols is 1. The van der Waals surface area contributed by atoms with Crippen LogP contribution in [-0.2, 0) is 14.3 Å². The van der Waals surface area contributed by atoms with E-state index in [9.17, 15) is 14.7 Å². The topological polar surface area (TPSA) is 117 Å². The number of rotatable bonds is 8. The average Bonchev–Trinajstić information content (AvgIpc) is 2.73. The third-order valence-corrected chi connectivity index (χ3v) is 4.53. The van der Waals surface area contributed by atoms with E-state index in [2.05, 4.69) is 21.2 Å². The predicted molar refractivity (Wildman–Crippen MR) is 114 cm³/mol. The number of aromatic hydroxyl groups is 1. The molecule has 0 spiro atoms. The molecule has 2 atom stereocenters. The molecule has 8 nitrogen and oxygen atoms in total. The summed E-state index contributed by atoms with van der Waals surface area (Å²) in [5.41, 5.74) is 3.33. The molecule has 0 radical (unpaired) electrons. The first-order valence-corrected chi connectivity index (χ1v) is 9.90. The van der Waals surface area contributed by atoms with Gasteiger partial charge in [0.25, 0.3) is 5.91 Å². The third-order valence-electron chi connectivity index (χ3n) is 4.03. The van der Waals surface area contributed by atoms with Crippen LogP contribution >= 0.6 is 15.9 Å². The van der Waals surface area contributed by atoms with Crippen LogP contribution in [-0.4, -0.2) is 35.0 Å². The van der Waals surface area contributed by atoms with Crippen molar-refractivity contribution in [3.63, 3.8) is 0 Å². The number of aryl methyl sites for hydroxylation is 1. The molecule has 0 aliphatic heterocycles. The lowest BCUT2D eigenvalue weighted by Gasteiger charge is -2.26. The van der Waals surface area contributed by atoms with Gasteiger partial charge in [-0.25, -0.2) is 10.3 Å². The number of amides is 2. The van der Waals surface area contributed by atoms with Gasteiger partial charge < -0.3 is 14.6 Å². The predicted octanol–water partition coefficient (Wildman–Crippen LogP) is 4.22. The monoisotopic (exact) mass is 478 g/mol. The summed E-state index contributed by atoms with van der Waals surface area (Å²) in [6.07, 6.45) is -0.400. The second kappa shape index (κ2) is 11.3. The van der Waals surface area contributed by atoms with Crippen molar-refractivity contribution in [3.8, 4) is 5.75 Å². The Labute approximate surface area is 182 Å². The molecule has 0 aromatic heterocycles. The van der Waals surface area contributed by atoms with Crippen LogP contribution in [0.25, 0.3) is 0 Å². The molecule has 0 unspecified atom stereocenters. The Morgan fingerprint density at radius 3 is 2.53 bits per heavy atom. The number of nitrogens with one attached hydrogen (secondary N) is 2. The van der Waals surface area contributed by atoms with Gasteiger partial charge in [-0.3, -0.25) is 15.3 Å². The van der Waals surface area contributed by atoms with E-state index >= 15 is 0 Å². The number of phenolic OH excluding ortho intramolecular Hbond substituents is 1. The molecule has 0 bridgehead atoms. The Morgan fingerprint density at radius 2 is 1.90 bits per heavy atom. The van der Waals surface area contributed by atoms with Gasteiger partial charge in [-0.1, -0.05) is 33.6 Å². The molecule has 0 aliphatic rings. The molecule has 30 heavy (non-hydrogen) atoms. The van der Waals surface area contributed by atoms with E-state index in [-0.39, 0.29) is 17.9 Å². The van der Waals surface area contributed by atoms with E-state index < -0.39 is 24.2 Å². The Hall–Kier alpha value is -2.88. The number of halogens is 1. The summed E-state index contributed by atoms with van der Waals surface area (Å²) in [7, 11) is 0. The van der Waals surface area contributed by atoms with Crippen molar-refractivity contribution in [1.29, 1.82) is 0 Å². The van der Waals surface area contributed by atoms with Gasteiger partial charge in [0, 0.05) is 28.4 Å². The summed E-state index contributed by atoms with van der Waals surface area (Å²) in [4.78, 5) is 24.0. The standard InChI is InChI=1S/C21H23BrN2O6/c1-3-29-18(10-11-19(26)24-28)20(16-12-14(22)6-9-17(16)25)30-21(27)23-15-7-4-13(2)5-8-15/h4-12,18,20,25,28H,3H2,1-2H3,(H,23,27)(H,24,26)/b11-10+/t18-,20-/m1/s1. The van der Waals surface area contributed by atoms with Gasteiger partial charge >= 0.3 is 6.09 Å². The van der Waals surface area contributed by atoms with Crippen LogP contribution in [0.15, 0.2) is 59.1 Å². The molecular weight excluding hydrogens is 456 g/mol. The smallest absolute Gasteiger partial charge is 0.412 e. The normalized spacial score (nSPS) is 12.9. The number of benzene rings is 2. The maximum absolute atomic E-state index is 12.6. The lowest BCUT2D eigenvalue weighted by molar-refractivity contribution is -0.124. The van der Waals surface area contributed by atoms with Crippen molar-refractivity contribution >= 4 is 33.6 Å². The van der Waals surface area contributed by atoms with Gasteiger partial charge in [0.15, 0.2) is 6.10 Å². The quantitative estimate of drug-likeness (QED) is 0.256. The largest absolute Gasteiger partial charge is 0.508 e. The van der Waals surface area contributed by atoms with Crippen LogP contribution < -0.4 is 10.8 Å². The summed E-state index contributed by atoms with van der Waals surface area (Å²) in [5, 5.41) is 21.7. The SMILES string of the molecule is CCO[C@H](/C=C/C(=O)NO)[C@H](OC(=O)Nc1ccc(C)cc1)c1cc(Br)ccc1O. The van der Waals surface area contributed by atoms with Crippen LogP contribution in [0.3, 0.4) is 0 Å². The fourth-order valence-corrected chi connectivity index (χ4v) is 2.99. The highest BCUT2D eigenvalue weighted by Gasteiger charge is 2.29. The second-order valence-electron chi connectivity index (χ2n) is 6.28. The number of ether oxygens (including phenoxy) is 2. The van der Waals surface area contributed by atoms with Crippen LogP contribution in [0.2, 0.25) is 0 Å². The van der Waals surface area contributed by atoms with Crippen LogP contribution in [0.5, 0.6) is 5.75 Å². The van der Waals surface area contributed by atoms with E-state index in [0.717, 1.165) is 11.6 Å². The Morgan fingerprint density at radius 1 is 1.20 bits per heavy atom. The molecule has 0 saturated heterocycles. The van der Waals surface area contributed by atoms with Gasteiger partial charge in [-0.15, -0.1) is 0 Å². The zero-order valence-corrected chi connectivity index (χ0v) is 18.0. The highest BCUT2D eigenvalue weighted by Crippen LogP contribution is 2.34. The van der Waals surface area contributed by atoms with Gasteiger partial charge in [-0.2, -0.15) is 0 Å². The van der Waals surface area contributed by atoms with Crippen LogP contribution in [0.1, 0.15) is 24.2 Å². The number of hydroxylamine groups is 1. The first kappa shape index (κ1) is 23.4. The van der Waals surface area contributed by atoms with Crippen molar-refractivity contribution in [2.45, 2.75) is 26.1 Å². The molecular formula is C21H23BrN2O6. The average molecular weight is 479 g/mol. The first-order valence-electron chi connectivity index (χ1n) is 9.10. The first-order chi connectivity index (χ1) is 14.3. The van der Waals surface area contributed by atoms with E-state index in [1.165, 1.54) is 17.6 Å². The van der Waals surface area contributed by atoms with E-state index in [0.29, 0.717) is 10.2 Å².